The van der Waals surface area contributed by atoms with E-state index in [9.17, 15) is 4.79 Å². The van der Waals surface area contributed by atoms with Gasteiger partial charge in [0.15, 0.2) is 0 Å². The Hall–Kier alpha value is -0.530. The number of hydrogen-bond donors (Lipinski definition) is 1. The van der Waals surface area contributed by atoms with E-state index >= 15 is 0 Å². The Morgan fingerprint density at radius 1 is 0.750 bits per heavy atom. The lowest BCUT2D eigenvalue weighted by molar-refractivity contribution is -0.141. The number of carboxylic acid groups (broad SMARTS) is 1. The summed E-state index contributed by atoms with van der Waals surface area (Å²) >= 11 is 0. The number of hydrogen-bond acceptors (Lipinski definition) is 1. The van der Waals surface area contributed by atoms with E-state index in [2.05, 4.69) is 6.92 Å². The van der Waals surface area contributed by atoms with Crippen LogP contribution in [0.2, 0.25) is 0 Å². The van der Waals surface area contributed by atoms with Gasteiger partial charge in [0.25, 0.3) is 0 Å². The Kier molecular flexibility index (Phi) is 14.5. The Morgan fingerprint density at radius 3 is 1.45 bits per heavy atom. The molecule has 0 aromatic heterocycles. The van der Waals surface area contributed by atoms with E-state index in [4.69, 9.17) is 5.11 Å². The van der Waals surface area contributed by atoms with E-state index in [0.29, 0.717) is 0 Å². The molecule has 1 N–H and O–H groups in total. The van der Waals surface area contributed by atoms with E-state index < -0.39 is 5.97 Å². The van der Waals surface area contributed by atoms with Gasteiger partial charge in [-0.25, -0.2) is 0 Å². The SMILES string of the molecule is CCCCCCCCCCCCCCCC(C)C(=O)O. The predicted molar refractivity (Wildman–Crippen MR) is 87.1 cm³/mol. The average molecular weight is 284 g/mol. The third-order valence-electron chi connectivity index (χ3n) is 4.16. The third kappa shape index (κ3) is 13.9. The van der Waals surface area contributed by atoms with Crippen LogP contribution in [-0.4, -0.2) is 11.1 Å². The second-order valence-electron chi connectivity index (χ2n) is 6.27. The Bertz CT molecular complexity index is 213. The summed E-state index contributed by atoms with van der Waals surface area (Å²) in [6.45, 7) is 4.07. The summed E-state index contributed by atoms with van der Waals surface area (Å²) < 4.78 is 0. The minimum Gasteiger partial charge on any atom is -0.481 e. The summed E-state index contributed by atoms with van der Waals surface area (Å²) in [4.78, 5) is 10.6. The van der Waals surface area contributed by atoms with Crippen molar-refractivity contribution in [3.8, 4) is 0 Å². The van der Waals surface area contributed by atoms with Crippen molar-refractivity contribution in [1.29, 1.82) is 0 Å². The quantitative estimate of drug-likeness (QED) is 0.364. The topological polar surface area (TPSA) is 37.3 Å². The van der Waals surface area contributed by atoms with E-state index in [0.717, 1.165) is 12.8 Å². The molecule has 0 spiro atoms. The molecule has 20 heavy (non-hydrogen) atoms. The van der Waals surface area contributed by atoms with Gasteiger partial charge in [-0.15, -0.1) is 0 Å². The Balaban J connectivity index is 3.04. The van der Waals surface area contributed by atoms with Gasteiger partial charge in [-0.1, -0.05) is 97.3 Å². The van der Waals surface area contributed by atoms with Crippen LogP contribution >= 0.6 is 0 Å². The highest BCUT2D eigenvalue weighted by molar-refractivity contribution is 5.69. The van der Waals surface area contributed by atoms with Crippen LogP contribution in [0.15, 0.2) is 0 Å². The molecule has 0 aromatic carbocycles. The van der Waals surface area contributed by atoms with Crippen molar-refractivity contribution in [1.82, 2.24) is 0 Å². The van der Waals surface area contributed by atoms with Gasteiger partial charge in [0, 0.05) is 0 Å². The fourth-order valence-corrected chi connectivity index (χ4v) is 2.59. The number of rotatable bonds is 15. The summed E-state index contributed by atoms with van der Waals surface area (Å²) in [5.74, 6) is -0.813. The van der Waals surface area contributed by atoms with Gasteiger partial charge >= 0.3 is 5.97 Å². The zero-order chi connectivity index (χ0) is 15.1. The summed E-state index contributed by atoms with van der Waals surface area (Å²) in [7, 11) is 0. The molecule has 2 heteroatoms. The number of carboxylic acids is 1. The Morgan fingerprint density at radius 2 is 1.10 bits per heavy atom. The Labute approximate surface area is 126 Å². The molecule has 0 saturated heterocycles. The van der Waals surface area contributed by atoms with Crippen molar-refractivity contribution in [2.24, 2.45) is 5.92 Å². The molecule has 0 radical (unpaired) electrons. The normalized spacial score (nSPS) is 12.5. The molecule has 0 fully saturated rings. The zero-order valence-electron chi connectivity index (χ0n) is 13.8. The molecule has 0 aliphatic heterocycles. The molecule has 1 unspecified atom stereocenters. The lowest BCUT2D eigenvalue weighted by Crippen LogP contribution is -2.08. The monoisotopic (exact) mass is 284 g/mol. The molecule has 0 aliphatic carbocycles. The van der Waals surface area contributed by atoms with Gasteiger partial charge in [0.1, 0.15) is 0 Å². The highest BCUT2D eigenvalue weighted by Gasteiger charge is 2.09. The van der Waals surface area contributed by atoms with Crippen LogP contribution in [0.3, 0.4) is 0 Å². The molecular weight excluding hydrogens is 248 g/mol. The molecule has 0 rings (SSSR count). The lowest BCUT2D eigenvalue weighted by atomic mass is 10.0. The van der Waals surface area contributed by atoms with E-state index in [1.54, 1.807) is 0 Å². The van der Waals surface area contributed by atoms with Crippen molar-refractivity contribution in [3.63, 3.8) is 0 Å². The fraction of sp³-hybridized carbons (Fsp3) is 0.944. The van der Waals surface area contributed by atoms with Crippen molar-refractivity contribution in [3.05, 3.63) is 0 Å². The first-order chi connectivity index (χ1) is 9.68. The van der Waals surface area contributed by atoms with Gasteiger partial charge in [0.2, 0.25) is 0 Å². The third-order valence-corrected chi connectivity index (χ3v) is 4.16. The van der Waals surface area contributed by atoms with Crippen molar-refractivity contribution in [2.45, 2.75) is 104 Å². The summed E-state index contributed by atoms with van der Waals surface area (Å²) in [6.07, 6.45) is 18.3. The number of unbranched alkanes of at least 4 members (excludes halogenated alkanes) is 12. The first-order valence-electron chi connectivity index (χ1n) is 8.91. The smallest absolute Gasteiger partial charge is 0.306 e. The molecule has 0 aromatic rings. The van der Waals surface area contributed by atoms with Crippen LogP contribution in [0.5, 0.6) is 0 Å². The first kappa shape index (κ1) is 19.5. The molecule has 2 nitrogen and oxygen atoms in total. The number of carbonyl (C=O) groups is 1. The maximum Gasteiger partial charge on any atom is 0.306 e. The van der Waals surface area contributed by atoms with Gasteiger partial charge in [-0.3, -0.25) is 4.79 Å². The van der Waals surface area contributed by atoms with E-state index in [1.807, 2.05) is 6.92 Å². The first-order valence-corrected chi connectivity index (χ1v) is 8.91. The molecular formula is C18H36O2. The van der Waals surface area contributed by atoms with Gasteiger partial charge < -0.3 is 5.11 Å². The van der Waals surface area contributed by atoms with E-state index in [1.165, 1.54) is 77.0 Å². The standard InChI is InChI=1S/C18H36O2/c1-3-4-5-6-7-8-9-10-11-12-13-14-15-16-17(2)18(19)20/h17H,3-16H2,1-2H3,(H,19,20). The minimum atomic E-state index is -0.649. The second-order valence-corrected chi connectivity index (χ2v) is 6.27. The van der Waals surface area contributed by atoms with Crippen LogP contribution in [-0.2, 0) is 4.79 Å². The molecule has 0 amide bonds. The van der Waals surface area contributed by atoms with Crippen LogP contribution in [0, 0.1) is 5.92 Å². The van der Waals surface area contributed by atoms with Crippen LogP contribution in [0.25, 0.3) is 0 Å². The summed E-state index contributed by atoms with van der Waals surface area (Å²) in [5, 5.41) is 8.77. The maximum atomic E-state index is 10.6. The largest absolute Gasteiger partial charge is 0.481 e. The van der Waals surface area contributed by atoms with Crippen molar-refractivity contribution in [2.75, 3.05) is 0 Å². The maximum absolute atomic E-state index is 10.6. The number of aliphatic carboxylic acids is 1. The molecule has 0 bridgehead atoms. The van der Waals surface area contributed by atoms with Crippen LogP contribution in [0.1, 0.15) is 104 Å². The van der Waals surface area contributed by atoms with Gasteiger partial charge in [-0.2, -0.15) is 0 Å². The molecule has 1 atom stereocenters. The second kappa shape index (κ2) is 14.9. The van der Waals surface area contributed by atoms with Gasteiger partial charge in [-0.05, 0) is 6.42 Å². The highest BCUT2D eigenvalue weighted by atomic mass is 16.4. The zero-order valence-corrected chi connectivity index (χ0v) is 13.8. The summed E-state index contributed by atoms with van der Waals surface area (Å²) in [5.41, 5.74) is 0. The van der Waals surface area contributed by atoms with Gasteiger partial charge in [0.05, 0.1) is 5.92 Å². The molecule has 120 valence electrons. The van der Waals surface area contributed by atoms with Crippen molar-refractivity contribution < 1.29 is 9.90 Å². The molecule has 0 heterocycles. The fourth-order valence-electron chi connectivity index (χ4n) is 2.59. The van der Waals surface area contributed by atoms with Crippen LogP contribution in [0.4, 0.5) is 0 Å². The van der Waals surface area contributed by atoms with Crippen molar-refractivity contribution >= 4 is 5.97 Å². The summed E-state index contributed by atoms with van der Waals surface area (Å²) in [6, 6.07) is 0. The predicted octanol–water partition coefficient (Wildman–Crippen LogP) is 6.19. The minimum absolute atomic E-state index is 0.164. The van der Waals surface area contributed by atoms with E-state index in [-0.39, 0.29) is 5.92 Å². The average Bonchev–Trinajstić information content (AvgIpc) is 2.43. The molecule has 0 saturated carbocycles. The molecule has 0 aliphatic rings. The lowest BCUT2D eigenvalue weighted by Gasteiger charge is -2.05. The van der Waals surface area contributed by atoms with Crippen LogP contribution < -0.4 is 0 Å². The highest BCUT2D eigenvalue weighted by Crippen LogP contribution is 2.14.